The van der Waals surface area contributed by atoms with E-state index in [1.165, 1.54) is 25.3 Å². The summed E-state index contributed by atoms with van der Waals surface area (Å²) in [7, 11) is 0. The lowest BCUT2D eigenvalue weighted by Gasteiger charge is -2.23. The quantitative estimate of drug-likeness (QED) is 0.819. The molecule has 15 heavy (non-hydrogen) atoms. The van der Waals surface area contributed by atoms with Gasteiger partial charge in [-0.1, -0.05) is 18.0 Å². The Labute approximate surface area is 94.6 Å². The van der Waals surface area contributed by atoms with E-state index in [2.05, 4.69) is 5.32 Å². The molecular formula is C12H15ClFN. The second-order valence-electron chi connectivity index (χ2n) is 4.13. The van der Waals surface area contributed by atoms with Gasteiger partial charge in [0, 0.05) is 11.1 Å². The molecule has 0 aromatic heterocycles. The molecule has 1 aromatic carbocycles. The highest BCUT2D eigenvalue weighted by Gasteiger charge is 2.13. The van der Waals surface area contributed by atoms with Gasteiger partial charge in [0.25, 0.3) is 0 Å². The number of piperidine rings is 1. The number of nitrogens with one attached hydrogen (secondary N) is 1. The van der Waals surface area contributed by atoms with Crippen LogP contribution in [-0.2, 0) is 6.42 Å². The van der Waals surface area contributed by atoms with Crippen molar-refractivity contribution in [1.82, 2.24) is 5.32 Å². The molecule has 0 spiro atoms. The Balaban J connectivity index is 2.02. The third-order valence-electron chi connectivity index (χ3n) is 2.82. The van der Waals surface area contributed by atoms with Crippen molar-refractivity contribution in [2.24, 2.45) is 0 Å². The van der Waals surface area contributed by atoms with Crippen molar-refractivity contribution >= 4 is 11.6 Å². The van der Waals surface area contributed by atoms with Crippen molar-refractivity contribution in [1.29, 1.82) is 0 Å². The summed E-state index contributed by atoms with van der Waals surface area (Å²) >= 11 is 5.81. The molecule has 1 unspecified atom stereocenters. The Morgan fingerprint density at radius 2 is 2.20 bits per heavy atom. The second kappa shape index (κ2) is 4.95. The molecule has 2 rings (SSSR count). The van der Waals surface area contributed by atoms with Crippen molar-refractivity contribution in [3.05, 3.63) is 34.6 Å². The number of benzene rings is 1. The Bertz CT molecular complexity index is 314. The fraction of sp³-hybridized carbons (Fsp3) is 0.500. The minimum absolute atomic E-state index is 0.242. The Hall–Kier alpha value is -0.600. The minimum atomic E-state index is -0.242. The van der Waals surface area contributed by atoms with Crippen molar-refractivity contribution in [2.45, 2.75) is 31.7 Å². The molecule has 1 saturated heterocycles. The Morgan fingerprint density at radius 1 is 1.33 bits per heavy atom. The predicted molar refractivity (Wildman–Crippen MR) is 60.8 cm³/mol. The first-order valence-electron chi connectivity index (χ1n) is 5.42. The van der Waals surface area contributed by atoms with Crippen LogP contribution in [0.15, 0.2) is 18.2 Å². The molecule has 1 atom stereocenters. The molecule has 0 amide bonds. The van der Waals surface area contributed by atoms with E-state index >= 15 is 0 Å². The average molecular weight is 228 g/mol. The molecule has 1 heterocycles. The highest BCUT2D eigenvalue weighted by Crippen LogP contribution is 2.18. The molecule has 1 fully saturated rings. The molecule has 0 bridgehead atoms. The van der Waals surface area contributed by atoms with Crippen LogP contribution in [0.2, 0.25) is 5.02 Å². The van der Waals surface area contributed by atoms with E-state index in [1.807, 2.05) is 6.07 Å². The second-order valence-corrected chi connectivity index (χ2v) is 4.57. The van der Waals surface area contributed by atoms with Crippen LogP contribution in [0.1, 0.15) is 24.8 Å². The lowest BCUT2D eigenvalue weighted by atomic mass is 9.98. The van der Waals surface area contributed by atoms with E-state index in [0.717, 1.165) is 18.5 Å². The number of hydrogen-bond donors (Lipinski definition) is 1. The van der Waals surface area contributed by atoms with Crippen LogP contribution in [0.3, 0.4) is 0 Å². The maximum atomic E-state index is 13.1. The summed E-state index contributed by atoms with van der Waals surface area (Å²) in [5.41, 5.74) is 0.986. The standard InChI is InChI=1S/C12H15ClFN/c13-10-5-9(6-11(14)8-10)7-12-3-1-2-4-15-12/h5-6,8,12,15H,1-4,7H2. The van der Waals surface area contributed by atoms with E-state index in [9.17, 15) is 4.39 Å². The van der Waals surface area contributed by atoms with Gasteiger partial charge in [-0.2, -0.15) is 0 Å². The lowest BCUT2D eigenvalue weighted by molar-refractivity contribution is 0.399. The fourth-order valence-corrected chi connectivity index (χ4v) is 2.36. The first-order chi connectivity index (χ1) is 7.24. The molecular weight excluding hydrogens is 213 g/mol. The van der Waals surface area contributed by atoms with Gasteiger partial charge in [0.15, 0.2) is 0 Å². The van der Waals surface area contributed by atoms with Gasteiger partial charge < -0.3 is 5.32 Å². The lowest BCUT2D eigenvalue weighted by Crippen LogP contribution is -2.35. The summed E-state index contributed by atoms with van der Waals surface area (Å²) in [6, 6.07) is 5.25. The van der Waals surface area contributed by atoms with Gasteiger partial charge in [-0.3, -0.25) is 0 Å². The number of rotatable bonds is 2. The molecule has 0 saturated carbocycles. The molecule has 82 valence electrons. The van der Waals surface area contributed by atoms with E-state index < -0.39 is 0 Å². The summed E-state index contributed by atoms with van der Waals surface area (Å²) in [6.45, 7) is 1.08. The third kappa shape index (κ3) is 3.18. The Morgan fingerprint density at radius 3 is 2.87 bits per heavy atom. The fourth-order valence-electron chi connectivity index (χ4n) is 2.11. The van der Waals surface area contributed by atoms with Gasteiger partial charge in [-0.05, 0) is 49.6 Å². The molecule has 1 N–H and O–H groups in total. The van der Waals surface area contributed by atoms with Crippen LogP contribution in [0, 0.1) is 5.82 Å². The largest absolute Gasteiger partial charge is 0.314 e. The predicted octanol–water partition coefficient (Wildman–Crippen LogP) is 3.16. The summed E-state index contributed by atoms with van der Waals surface area (Å²) in [5.74, 6) is -0.242. The van der Waals surface area contributed by atoms with Gasteiger partial charge in [0.05, 0.1) is 0 Å². The van der Waals surface area contributed by atoms with Crippen LogP contribution in [0.25, 0.3) is 0 Å². The summed E-state index contributed by atoms with van der Waals surface area (Å²) in [5, 5.41) is 3.93. The molecule has 0 aliphatic carbocycles. The maximum Gasteiger partial charge on any atom is 0.124 e. The zero-order valence-corrected chi connectivity index (χ0v) is 9.36. The third-order valence-corrected chi connectivity index (χ3v) is 3.04. The number of hydrogen-bond acceptors (Lipinski definition) is 1. The van der Waals surface area contributed by atoms with Crippen LogP contribution >= 0.6 is 11.6 Å². The molecule has 1 aliphatic rings. The monoisotopic (exact) mass is 227 g/mol. The Kier molecular flexibility index (Phi) is 3.60. The first-order valence-corrected chi connectivity index (χ1v) is 5.80. The van der Waals surface area contributed by atoms with Crippen molar-refractivity contribution < 1.29 is 4.39 Å². The zero-order chi connectivity index (χ0) is 10.7. The van der Waals surface area contributed by atoms with E-state index in [-0.39, 0.29) is 5.82 Å². The van der Waals surface area contributed by atoms with Gasteiger partial charge in [0.1, 0.15) is 5.82 Å². The SMILES string of the molecule is Fc1cc(Cl)cc(CC2CCCCN2)c1. The van der Waals surface area contributed by atoms with E-state index in [0.29, 0.717) is 11.1 Å². The molecule has 0 radical (unpaired) electrons. The summed E-state index contributed by atoms with van der Waals surface area (Å²) in [4.78, 5) is 0. The van der Waals surface area contributed by atoms with Gasteiger partial charge in [-0.15, -0.1) is 0 Å². The van der Waals surface area contributed by atoms with Crippen LogP contribution in [-0.4, -0.2) is 12.6 Å². The molecule has 1 nitrogen and oxygen atoms in total. The normalized spacial score (nSPS) is 21.6. The van der Waals surface area contributed by atoms with Crippen molar-refractivity contribution in [3.63, 3.8) is 0 Å². The highest BCUT2D eigenvalue weighted by atomic mass is 35.5. The zero-order valence-electron chi connectivity index (χ0n) is 8.60. The smallest absolute Gasteiger partial charge is 0.124 e. The number of halogens is 2. The van der Waals surface area contributed by atoms with Crippen molar-refractivity contribution in [3.8, 4) is 0 Å². The topological polar surface area (TPSA) is 12.0 Å². The summed E-state index contributed by atoms with van der Waals surface area (Å²) < 4.78 is 13.1. The van der Waals surface area contributed by atoms with Crippen molar-refractivity contribution in [2.75, 3.05) is 6.54 Å². The maximum absolute atomic E-state index is 13.1. The molecule has 3 heteroatoms. The van der Waals surface area contributed by atoms with Crippen LogP contribution in [0.5, 0.6) is 0 Å². The van der Waals surface area contributed by atoms with Gasteiger partial charge in [-0.25, -0.2) is 4.39 Å². The van der Waals surface area contributed by atoms with Crippen LogP contribution < -0.4 is 5.32 Å². The van der Waals surface area contributed by atoms with Gasteiger partial charge in [0.2, 0.25) is 0 Å². The van der Waals surface area contributed by atoms with Gasteiger partial charge >= 0.3 is 0 Å². The highest BCUT2D eigenvalue weighted by molar-refractivity contribution is 6.30. The van der Waals surface area contributed by atoms with E-state index in [1.54, 1.807) is 6.07 Å². The first kappa shape index (κ1) is 10.9. The van der Waals surface area contributed by atoms with E-state index in [4.69, 9.17) is 11.6 Å². The average Bonchev–Trinajstić information content (AvgIpc) is 2.17. The van der Waals surface area contributed by atoms with Crippen LogP contribution in [0.4, 0.5) is 4.39 Å². The minimum Gasteiger partial charge on any atom is -0.314 e. The molecule has 1 aromatic rings. The summed E-state index contributed by atoms with van der Waals surface area (Å²) in [6.07, 6.45) is 4.56. The molecule has 1 aliphatic heterocycles.